The Balaban J connectivity index is 1.59. The van der Waals surface area contributed by atoms with Crippen LogP contribution in [0.25, 0.3) is 0 Å². The highest BCUT2D eigenvalue weighted by atomic mass is 19.1. The topological polar surface area (TPSA) is 60.0 Å². The Morgan fingerprint density at radius 2 is 1.80 bits per heavy atom. The minimum atomic E-state index is -0.884. The van der Waals surface area contributed by atoms with Crippen LogP contribution in [0.5, 0.6) is 0 Å². The summed E-state index contributed by atoms with van der Waals surface area (Å²) in [5.41, 5.74) is 7.17. The highest BCUT2D eigenvalue weighted by molar-refractivity contribution is 5.23. The minimum Gasteiger partial charge on any atom is -0.326 e. The first-order chi connectivity index (χ1) is 12.1. The fraction of sp³-hybridized carbons (Fsp3) is 0.556. The van der Waals surface area contributed by atoms with Gasteiger partial charge in [0, 0.05) is 25.2 Å². The normalized spacial score (nSPS) is 33.6. The van der Waals surface area contributed by atoms with Crippen LogP contribution < -0.4 is 5.73 Å². The third-order valence-electron chi connectivity index (χ3n) is 5.54. The van der Waals surface area contributed by atoms with E-state index in [0.717, 1.165) is 18.4 Å². The molecule has 0 bridgehead atoms. The summed E-state index contributed by atoms with van der Waals surface area (Å²) >= 11 is 0. The van der Waals surface area contributed by atoms with Gasteiger partial charge in [-0.1, -0.05) is 12.1 Å². The molecule has 5 unspecified atom stereocenters. The van der Waals surface area contributed by atoms with Gasteiger partial charge in [-0.25, -0.2) is 18.4 Å². The Morgan fingerprint density at radius 1 is 1.04 bits per heavy atom. The smallest absolute Gasteiger partial charge is 0.137 e. The Bertz CT molecular complexity index is 680. The van der Waals surface area contributed by atoms with Crippen molar-refractivity contribution in [1.82, 2.24) is 19.7 Å². The molecule has 1 aliphatic carbocycles. The number of nitrogens with two attached hydrogens (primary N) is 1. The second-order valence-electron chi connectivity index (χ2n) is 7.28. The zero-order valence-electron chi connectivity index (χ0n) is 14.0. The van der Waals surface area contributed by atoms with Gasteiger partial charge in [-0.3, -0.25) is 4.90 Å². The van der Waals surface area contributed by atoms with Gasteiger partial charge in [-0.05, 0) is 42.9 Å². The molecular weight excluding hydrogens is 324 g/mol. The van der Waals surface area contributed by atoms with E-state index < -0.39 is 6.17 Å². The number of piperidine rings is 1. The van der Waals surface area contributed by atoms with Crippen LogP contribution in [-0.4, -0.2) is 51.0 Å². The molecule has 2 fully saturated rings. The highest BCUT2D eigenvalue weighted by Crippen LogP contribution is 2.43. The van der Waals surface area contributed by atoms with Gasteiger partial charge in [-0.2, -0.15) is 5.10 Å². The van der Waals surface area contributed by atoms with E-state index in [-0.39, 0.29) is 29.9 Å². The van der Waals surface area contributed by atoms with Gasteiger partial charge in [0.25, 0.3) is 0 Å². The Morgan fingerprint density at radius 3 is 2.48 bits per heavy atom. The summed E-state index contributed by atoms with van der Waals surface area (Å²) in [5, 5.41) is 4.32. The monoisotopic (exact) mass is 347 g/mol. The van der Waals surface area contributed by atoms with Crippen LogP contribution in [0.2, 0.25) is 0 Å². The molecule has 5 atom stereocenters. The van der Waals surface area contributed by atoms with Crippen molar-refractivity contribution in [3.8, 4) is 0 Å². The van der Waals surface area contributed by atoms with Crippen molar-refractivity contribution in [3.05, 3.63) is 48.3 Å². The Kier molecular flexibility index (Phi) is 4.52. The number of hydrogen-bond acceptors (Lipinski definition) is 4. The van der Waals surface area contributed by atoms with Crippen LogP contribution in [0.3, 0.4) is 0 Å². The molecule has 134 valence electrons. The molecule has 2 N–H and O–H groups in total. The molecule has 4 rings (SSSR count). The summed E-state index contributed by atoms with van der Waals surface area (Å²) in [6, 6.07) is 6.84. The highest BCUT2D eigenvalue weighted by Gasteiger charge is 2.42. The lowest BCUT2D eigenvalue weighted by molar-refractivity contribution is 0.0690. The molecule has 7 heteroatoms. The zero-order chi connectivity index (χ0) is 17.4. The summed E-state index contributed by atoms with van der Waals surface area (Å²) in [7, 11) is 0. The molecule has 2 aromatic rings. The summed E-state index contributed by atoms with van der Waals surface area (Å²) in [6.07, 6.45) is 4.56. The third-order valence-corrected chi connectivity index (χ3v) is 5.54. The van der Waals surface area contributed by atoms with E-state index in [1.54, 1.807) is 6.33 Å². The first-order valence-corrected chi connectivity index (χ1v) is 8.83. The van der Waals surface area contributed by atoms with E-state index in [1.165, 1.54) is 18.5 Å². The van der Waals surface area contributed by atoms with Crippen molar-refractivity contribution < 1.29 is 8.78 Å². The molecule has 25 heavy (non-hydrogen) atoms. The van der Waals surface area contributed by atoms with E-state index in [4.69, 9.17) is 5.73 Å². The second-order valence-corrected chi connectivity index (χ2v) is 7.28. The van der Waals surface area contributed by atoms with Gasteiger partial charge in [0.1, 0.15) is 24.6 Å². The van der Waals surface area contributed by atoms with Crippen LogP contribution in [0.4, 0.5) is 8.78 Å². The van der Waals surface area contributed by atoms with E-state index in [1.807, 2.05) is 16.8 Å². The van der Waals surface area contributed by atoms with Gasteiger partial charge in [0.05, 0.1) is 6.04 Å². The number of likely N-dealkylation sites (tertiary alicyclic amines) is 1. The first-order valence-electron chi connectivity index (χ1n) is 8.83. The van der Waals surface area contributed by atoms with E-state index in [9.17, 15) is 8.78 Å². The van der Waals surface area contributed by atoms with Crippen molar-refractivity contribution in [2.75, 3.05) is 13.1 Å². The zero-order valence-corrected chi connectivity index (χ0v) is 14.0. The SMILES string of the molecule is NC1CC(F)CN(C2CC(c3ccc(F)cc3)CC2n2cncn2)C1. The molecule has 0 spiro atoms. The number of aromatic nitrogens is 3. The van der Waals surface area contributed by atoms with E-state index in [2.05, 4.69) is 15.0 Å². The number of hydrogen-bond donors (Lipinski definition) is 1. The molecular formula is C18H23F2N5. The average Bonchev–Trinajstić information content (AvgIpc) is 3.24. The van der Waals surface area contributed by atoms with E-state index >= 15 is 0 Å². The van der Waals surface area contributed by atoms with Gasteiger partial charge >= 0.3 is 0 Å². The van der Waals surface area contributed by atoms with E-state index in [0.29, 0.717) is 19.5 Å². The summed E-state index contributed by atoms with van der Waals surface area (Å²) in [5.74, 6) is 0.0596. The molecule has 1 aromatic heterocycles. The molecule has 2 aliphatic rings. The summed E-state index contributed by atoms with van der Waals surface area (Å²) in [4.78, 5) is 6.25. The number of nitrogens with zero attached hydrogens (tertiary/aromatic N) is 4. The minimum absolute atomic E-state index is 0.120. The summed E-state index contributed by atoms with van der Waals surface area (Å²) < 4.78 is 29.2. The third kappa shape index (κ3) is 3.43. The number of rotatable bonds is 3. The average molecular weight is 347 g/mol. The number of alkyl halides is 1. The van der Waals surface area contributed by atoms with Crippen LogP contribution in [0.15, 0.2) is 36.9 Å². The largest absolute Gasteiger partial charge is 0.326 e. The lowest BCUT2D eigenvalue weighted by Crippen LogP contribution is -2.53. The lowest BCUT2D eigenvalue weighted by Gasteiger charge is -2.39. The van der Waals surface area contributed by atoms with Crippen LogP contribution in [0.1, 0.15) is 36.8 Å². The maximum absolute atomic E-state index is 14.1. The number of halogens is 2. The van der Waals surface area contributed by atoms with Gasteiger partial charge in [0.2, 0.25) is 0 Å². The quantitative estimate of drug-likeness (QED) is 0.925. The summed E-state index contributed by atoms with van der Waals surface area (Å²) in [6.45, 7) is 1.12. The van der Waals surface area contributed by atoms with Crippen LogP contribution in [-0.2, 0) is 0 Å². The molecule has 1 aliphatic heterocycles. The van der Waals surface area contributed by atoms with Gasteiger partial charge < -0.3 is 5.73 Å². The van der Waals surface area contributed by atoms with Crippen LogP contribution >= 0.6 is 0 Å². The number of benzene rings is 1. The molecule has 0 radical (unpaired) electrons. The van der Waals surface area contributed by atoms with Gasteiger partial charge in [0.15, 0.2) is 0 Å². The fourth-order valence-electron chi connectivity index (χ4n) is 4.44. The maximum Gasteiger partial charge on any atom is 0.137 e. The maximum atomic E-state index is 14.1. The van der Waals surface area contributed by atoms with Crippen molar-refractivity contribution in [2.45, 2.75) is 49.5 Å². The predicted molar refractivity (Wildman–Crippen MR) is 90.3 cm³/mol. The van der Waals surface area contributed by atoms with Gasteiger partial charge in [-0.15, -0.1) is 0 Å². The first kappa shape index (κ1) is 16.6. The predicted octanol–water partition coefficient (Wildman–Crippen LogP) is 2.28. The Labute approximate surface area is 145 Å². The molecule has 1 saturated carbocycles. The molecule has 2 heterocycles. The fourth-order valence-corrected chi connectivity index (χ4v) is 4.44. The molecule has 5 nitrogen and oxygen atoms in total. The molecule has 1 saturated heterocycles. The second kappa shape index (κ2) is 6.80. The van der Waals surface area contributed by atoms with Crippen LogP contribution in [0, 0.1) is 5.82 Å². The van der Waals surface area contributed by atoms with Crippen molar-refractivity contribution in [1.29, 1.82) is 0 Å². The van der Waals surface area contributed by atoms with Crippen molar-refractivity contribution >= 4 is 0 Å². The Hall–Kier alpha value is -1.86. The molecule has 1 aromatic carbocycles. The van der Waals surface area contributed by atoms with Crippen molar-refractivity contribution in [2.24, 2.45) is 5.73 Å². The molecule has 0 amide bonds. The van der Waals surface area contributed by atoms with Crippen molar-refractivity contribution in [3.63, 3.8) is 0 Å². The standard InChI is InChI=1S/C18H23F2N5/c19-14-3-1-12(2-4-14)13-5-17(18(6-13)25-11-22-10-23-25)24-8-15(20)7-16(21)9-24/h1-4,10-11,13,15-18H,5-9,21H2. The lowest BCUT2D eigenvalue weighted by atomic mass is 9.96.